The number of benzene rings is 2. The van der Waals surface area contributed by atoms with Gasteiger partial charge in [0.1, 0.15) is 22.8 Å². The van der Waals surface area contributed by atoms with Crippen molar-refractivity contribution < 1.29 is 99.1 Å². The Balaban J connectivity index is 1.14. The van der Waals surface area contributed by atoms with Crippen LogP contribution in [0.15, 0.2) is 48.5 Å². The SMILES string of the molecule is CC1CCC(C(C)C)C(C23C(CC(OCc4ccc(F)cc4)([C@@H](C)Cl)C2(N)C(=O)O[C@@H](C)OC(=O)C(C)(C)C)C3(F)C(=O)OOC(=O)OOC(=O)C2(F)C3CC(OCc4ccc(F)cc4)C(N)(C(=O)O[C@@H](C)OC(=O)C(C)(C)C)C32)C1. The fourth-order valence-electron chi connectivity index (χ4n) is 13.0. The largest absolute Gasteiger partial charge is 0.592 e. The van der Waals surface area contributed by atoms with Gasteiger partial charge in [0.05, 0.1) is 40.9 Å². The van der Waals surface area contributed by atoms with Crippen LogP contribution in [-0.2, 0) is 90.0 Å². The number of hydrogen-bond acceptors (Lipinski definition) is 19. The predicted octanol–water partition coefficient (Wildman–Crippen LogP) is 8.65. The Morgan fingerprint density at radius 2 is 1.15 bits per heavy atom. The van der Waals surface area contributed by atoms with E-state index in [1.165, 1.54) is 57.2 Å². The Labute approximate surface area is 472 Å². The number of carbonyl (C=O) groups is 7. The summed E-state index contributed by atoms with van der Waals surface area (Å²) >= 11 is 7.07. The third kappa shape index (κ3) is 11.0. The van der Waals surface area contributed by atoms with Gasteiger partial charge in [0, 0.05) is 31.6 Å². The summed E-state index contributed by atoms with van der Waals surface area (Å²) in [7, 11) is 0. The minimum atomic E-state index is -3.32. The topological polar surface area (TPSA) is 264 Å². The minimum absolute atomic E-state index is 0.126. The van der Waals surface area contributed by atoms with Gasteiger partial charge in [-0.05, 0) is 133 Å². The normalized spacial score (nSPS) is 34.0. The molecule has 2 aromatic rings. The minimum Gasteiger partial charge on any atom is -0.425 e. The van der Waals surface area contributed by atoms with E-state index in [-0.39, 0.29) is 31.5 Å². The maximum absolute atomic E-state index is 18.9. The summed E-state index contributed by atoms with van der Waals surface area (Å²) in [6.07, 6.45) is -6.30. The van der Waals surface area contributed by atoms with Crippen molar-refractivity contribution in [3.63, 3.8) is 0 Å². The summed E-state index contributed by atoms with van der Waals surface area (Å²) < 4.78 is 98.0. The number of ether oxygens (including phenoxy) is 6. The first-order chi connectivity index (χ1) is 37.5. The second-order valence-corrected chi connectivity index (χ2v) is 25.5. The van der Waals surface area contributed by atoms with Crippen molar-refractivity contribution in [2.45, 2.75) is 180 Å². The monoisotopic (exact) mass is 1170 g/mol. The Morgan fingerprint density at radius 1 is 0.654 bits per heavy atom. The predicted molar refractivity (Wildman–Crippen MR) is 275 cm³/mol. The third-order valence-electron chi connectivity index (χ3n) is 17.2. The number of alkyl halides is 3. The van der Waals surface area contributed by atoms with Crippen LogP contribution in [0.1, 0.15) is 126 Å². The fourth-order valence-corrected chi connectivity index (χ4v) is 13.3. The molecule has 5 aliphatic rings. The van der Waals surface area contributed by atoms with Gasteiger partial charge >= 0.3 is 42.0 Å². The molecule has 0 aromatic heterocycles. The molecular formula is C57H73ClF4N2O17. The van der Waals surface area contributed by atoms with Crippen molar-refractivity contribution in [2.24, 2.45) is 69.1 Å². The van der Waals surface area contributed by atoms with Gasteiger partial charge in [0.25, 0.3) is 0 Å². The van der Waals surface area contributed by atoms with Crippen molar-refractivity contribution in [3.05, 3.63) is 71.3 Å². The molecular weight excluding hydrogens is 1100 g/mol. The summed E-state index contributed by atoms with van der Waals surface area (Å²) in [5, 5.41) is -1.27. The van der Waals surface area contributed by atoms with E-state index >= 15 is 13.6 Å². The molecule has 448 valence electrons. The molecule has 81 heavy (non-hydrogen) atoms. The maximum Gasteiger partial charge on any atom is 0.592 e. The number of halogens is 5. The van der Waals surface area contributed by atoms with E-state index < -0.39 is 164 Å². The highest BCUT2D eigenvalue weighted by atomic mass is 35.5. The van der Waals surface area contributed by atoms with Crippen LogP contribution < -0.4 is 11.5 Å². The van der Waals surface area contributed by atoms with E-state index in [4.69, 9.17) is 56.4 Å². The standard InChI is InChI=1S/C57H73ClF4N2O17/c1-28(2)37-22-13-29(3)23-38(37)55-40(25-52(30(4)58,73-27-34-16-20-36(60)21-17-34)57(55,64)48(70)77-32(6)75-44(66)51(10,11)12)56(55,62)47(69)79-81-49(71)80-78-45(67)53(61)39-24-41(72-26-33-14-18-35(59)19-15-33)54(63,42(39)53)46(68)76-31(5)74-43(65)50(7,8)9/h14-21,28-32,37-42H,13,22-27,63-64H2,1-12H3/t29?,30-,31+,32+,37?,38?,39?,40?,41?,42?,52?,53?,54?,55?,56?,57?/m1/s1. The molecule has 5 saturated carbocycles. The lowest BCUT2D eigenvalue weighted by atomic mass is 9.56. The van der Waals surface area contributed by atoms with E-state index in [0.29, 0.717) is 24.0 Å². The Bertz CT molecular complexity index is 2740. The van der Waals surface area contributed by atoms with Gasteiger partial charge in [-0.3, -0.25) is 9.59 Å². The Hall–Kier alpha value is -5.62. The molecule has 2 aromatic carbocycles. The molecule has 0 heterocycles. The average Bonchev–Trinajstić information content (AvgIpc) is 1.68. The van der Waals surface area contributed by atoms with Crippen LogP contribution in [0.2, 0.25) is 0 Å². The third-order valence-corrected chi connectivity index (χ3v) is 17.5. The highest BCUT2D eigenvalue weighted by Crippen LogP contribution is 2.85. The van der Waals surface area contributed by atoms with Crippen LogP contribution in [-0.4, -0.2) is 94.0 Å². The molecule has 0 amide bonds. The first kappa shape index (κ1) is 63.0. The Morgan fingerprint density at radius 3 is 1.64 bits per heavy atom. The molecule has 0 aliphatic heterocycles. The molecule has 0 spiro atoms. The molecule has 0 saturated heterocycles. The lowest BCUT2D eigenvalue weighted by Crippen LogP contribution is -2.76. The number of hydrogen-bond donors (Lipinski definition) is 2. The van der Waals surface area contributed by atoms with Crippen molar-refractivity contribution in [3.8, 4) is 0 Å². The van der Waals surface area contributed by atoms with E-state index in [9.17, 15) is 37.5 Å². The van der Waals surface area contributed by atoms with Gasteiger partial charge in [-0.2, -0.15) is 4.79 Å². The fraction of sp³-hybridized carbons (Fsp3) is 0.667. The van der Waals surface area contributed by atoms with Gasteiger partial charge < -0.3 is 39.9 Å². The second-order valence-electron chi connectivity index (χ2n) is 24.9. The van der Waals surface area contributed by atoms with E-state index in [1.54, 1.807) is 41.5 Å². The second kappa shape index (κ2) is 22.5. The van der Waals surface area contributed by atoms with Gasteiger partial charge in [-0.25, -0.2) is 56.3 Å². The summed E-state index contributed by atoms with van der Waals surface area (Å²) in [5.41, 5.74) is -3.27. The summed E-state index contributed by atoms with van der Waals surface area (Å²) in [5.74, 6) is -15.7. The molecule has 0 bridgehead atoms. The quantitative estimate of drug-likeness (QED) is 0.0375. The van der Waals surface area contributed by atoms with Gasteiger partial charge in [-0.15, -0.1) is 11.6 Å². The molecule has 19 nitrogen and oxygen atoms in total. The molecule has 7 rings (SSSR count). The van der Waals surface area contributed by atoms with Gasteiger partial charge in [-0.1, -0.05) is 51.5 Å². The van der Waals surface area contributed by atoms with Gasteiger partial charge in [0.15, 0.2) is 5.54 Å². The lowest BCUT2D eigenvalue weighted by molar-refractivity contribution is -0.300. The molecule has 5 fully saturated rings. The van der Waals surface area contributed by atoms with E-state index in [2.05, 4.69) is 14.7 Å². The highest BCUT2D eigenvalue weighted by Gasteiger charge is 3.00. The van der Waals surface area contributed by atoms with Gasteiger partial charge in [0.2, 0.25) is 23.9 Å². The zero-order valence-corrected chi connectivity index (χ0v) is 48.2. The Kier molecular flexibility index (Phi) is 17.5. The van der Waals surface area contributed by atoms with Crippen molar-refractivity contribution >= 4 is 53.6 Å². The smallest absolute Gasteiger partial charge is 0.425 e. The van der Waals surface area contributed by atoms with Crippen molar-refractivity contribution in [1.29, 1.82) is 0 Å². The molecule has 13 unspecified atom stereocenters. The average molecular weight is 1170 g/mol. The highest BCUT2D eigenvalue weighted by molar-refractivity contribution is 6.22. The zero-order valence-electron chi connectivity index (χ0n) is 47.4. The first-order valence-corrected chi connectivity index (χ1v) is 27.4. The molecule has 16 atom stereocenters. The first-order valence-electron chi connectivity index (χ1n) is 27.0. The molecule has 24 heteroatoms. The molecule has 5 aliphatic carbocycles. The van der Waals surface area contributed by atoms with Crippen LogP contribution in [0.4, 0.5) is 22.4 Å². The summed E-state index contributed by atoms with van der Waals surface area (Å²) in [6.45, 7) is 18.3. The van der Waals surface area contributed by atoms with Crippen molar-refractivity contribution in [1.82, 2.24) is 0 Å². The zero-order chi connectivity index (χ0) is 60.4. The number of carbonyl (C=O) groups excluding carboxylic acids is 7. The number of rotatable bonds is 17. The van der Waals surface area contributed by atoms with E-state index in [0.717, 1.165) is 12.1 Å². The van der Waals surface area contributed by atoms with Crippen LogP contribution in [0.3, 0.4) is 0 Å². The number of esters is 4. The summed E-state index contributed by atoms with van der Waals surface area (Å²) in [4.78, 5) is 114. The number of nitrogens with two attached hydrogens (primary N) is 2. The number of fused-ring (bicyclic) bond motifs is 2. The van der Waals surface area contributed by atoms with Crippen LogP contribution in [0.5, 0.6) is 0 Å². The van der Waals surface area contributed by atoms with Crippen molar-refractivity contribution in [2.75, 3.05) is 0 Å². The molecule has 0 radical (unpaired) electrons. The van der Waals surface area contributed by atoms with Crippen LogP contribution in [0, 0.1) is 69.3 Å². The van der Waals surface area contributed by atoms with E-state index in [1.807, 2.05) is 20.8 Å². The van der Waals surface area contributed by atoms with Crippen LogP contribution >= 0.6 is 11.6 Å². The maximum atomic E-state index is 18.9. The van der Waals surface area contributed by atoms with Crippen LogP contribution in [0.25, 0.3) is 0 Å². The lowest BCUT2D eigenvalue weighted by Gasteiger charge is -2.53. The molecule has 4 N–H and O–H groups in total. The summed E-state index contributed by atoms with van der Waals surface area (Å²) in [6, 6.07) is 10.2.